The van der Waals surface area contributed by atoms with Crippen molar-refractivity contribution in [2.75, 3.05) is 20.3 Å². The van der Waals surface area contributed by atoms with Crippen molar-refractivity contribution in [3.8, 4) is 5.75 Å². The summed E-state index contributed by atoms with van der Waals surface area (Å²) in [4.78, 5) is 0. The van der Waals surface area contributed by atoms with Gasteiger partial charge in [-0.2, -0.15) is 0 Å². The van der Waals surface area contributed by atoms with Crippen LogP contribution in [-0.4, -0.2) is 20.3 Å². The number of rotatable bonds is 8. The minimum absolute atomic E-state index is 0.547. The molecule has 0 bridgehead atoms. The minimum atomic E-state index is 0.547. The van der Waals surface area contributed by atoms with E-state index in [0.29, 0.717) is 19.8 Å². The minimum Gasteiger partial charge on any atom is -0.490 e. The molecule has 4 heteroatoms. The number of benzene rings is 1. The molecular weight excluding hydrogens is 254 g/mol. The van der Waals surface area contributed by atoms with Crippen LogP contribution in [0.4, 0.5) is 0 Å². The second-order valence-electron chi connectivity index (χ2n) is 4.70. The van der Waals surface area contributed by atoms with E-state index in [1.54, 1.807) is 7.11 Å². The lowest BCUT2D eigenvalue weighted by Crippen LogP contribution is -2.12. The molecule has 0 aliphatic heterocycles. The van der Waals surface area contributed by atoms with Crippen LogP contribution in [0.5, 0.6) is 5.75 Å². The highest BCUT2D eigenvalue weighted by Crippen LogP contribution is 2.33. The van der Waals surface area contributed by atoms with Gasteiger partial charge in [-0.3, -0.25) is 0 Å². The molecule has 0 spiro atoms. The Morgan fingerprint density at radius 2 is 2.10 bits per heavy atom. The summed E-state index contributed by atoms with van der Waals surface area (Å²) in [5.74, 6) is 1.74. The Morgan fingerprint density at radius 3 is 2.80 bits per heavy atom. The first-order valence-electron chi connectivity index (χ1n) is 7.17. The van der Waals surface area contributed by atoms with Crippen LogP contribution in [-0.2, 0) is 17.9 Å². The third-order valence-corrected chi connectivity index (χ3v) is 3.15. The first kappa shape index (κ1) is 14.9. The molecule has 1 heterocycles. The molecule has 0 saturated carbocycles. The lowest BCUT2D eigenvalue weighted by Gasteiger charge is -2.04. The summed E-state index contributed by atoms with van der Waals surface area (Å²) in [6, 6.07) is 6.01. The number of hydrogen-bond acceptors (Lipinski definition) is 4. The predicted molar refractivity (Wildman–Crippen MR) is 80.1 cm³/mol. The Labute approximate surface area is 120 Å². The number of para-hydroxylation sites is 1. The highest BCUT2D eigenvalue weighted by atomic mass is 16.5. The fraction of sp³-hybridized carbons (Fsp3) is 0.500. The maximum absolute atomic E-state index is 6.01. The van der Waals surface area contributed by atoms with Gasteiger partial charge in [0, 0.05) is 18.1 Å². The topological polar surface area (TPSA) is 43.6 Å². The Balaban J connectivity index is 2.42. The molecule has 0 saturated heterocycles. The predicted octanol–water partition coefficient (Wildman–Crippen LogP) is 3.48. The van der Waals surface area contributed by atoms with E-state index in [1.165, 1.54) is 0 Å². The van der Waals surface area contributed by atoms with Crippen LogP contribution in [0.15, 0.2) is 22.6 Å². The SMILES string of the molecule is CCCOc1cccc2c(COC)c(CNCC)oc12. The van der Waals surface area contributed by atoms with Gasteiger partial charge < -0.3 is 19.2 Å². The summed E-state index contributed by atoms with van der Waals surface area (Å²) in [7, 11) is 1.70. The molecule has 0 amide bonds. The molecule has 0 fully saturated rings. The van der Waals surface area contributed by atoms with Crippen LogP contribution in [0.25, 0.3) is 11.0 Å². The molecule has 0 radical (unpaired) electrons. The Hall–Kier alpha value is -1.52. The van der Waals surface area contributed by atoms with E-state index in [0.717, 1.165) is 41.0 Å². The van der Waals surface area contributed by atoms with Crippen LogP contribution in [0, 0.1) is 0 Å². The Bertz CT molecular complexity index is 548. The average Bonchev–Trinajstić information content (AvgIpc) is 2.82. The van der Waals surface area contributed by atoms with Crippen LogP contribution in [0.3, 0.4) is 0 Å². The molecule has 20 heavy (non-hydrogen) atoms. The smallest absolute Gasteiger partial charge is 0.176 e. The van der Waals surface area contributed by atoms with Crippen molar-refractivity contribution < 1.29 is 13.9 Å². The first-order chi connectivity index (χ1) is 9.81. The van der Waals surface area contributed by atoms with Gasteiger partial charge in [-0.05, 0) is 19.0 Å². The summed E-state index contributed by atoms with van der Waals surface area (Å²) in [6.07, 6.45) is 0.978. The molecule has 1 aromatic carbocycles. The zero-order chi connectivity index (χ0) is 14.4. The van der Waals surface area contributed by atoms with Gasteiger partial charge in [0.25, 0.3) is 0 Å². The average molecular weight is 277 g/mol. The molecule has 4 nitrogen and oxygen atoms in total. The van der Waals surface area contributed by atoms with Crippen LogP contribution in [0.1, 0.15) is 31.6 Å². The normalized spacial score (nSPS) is 11.2. The third kappa shape index (κ3) is 3.14. The fourth-order valence-corrected chi connectivity index (χ4v) is 2.20. The van der Waals surface area contributed by atoms with Crippen molar-refractivity contribution in [1.82, 2.24) is 5.32 Å². The second kappa shape index (κ2) is 7.31. The molecule has 0 aliphatic rings. The van der Waals surface area contributed by atoms with Crippen molar-refractivity contribution >= 4 is 11.0 Å². The zero-order valence-electron chi connectivity index (χ0n) is 12.5. The van der Waals surface area contributed by atoms with E-state index in [1.807, 2.05) is 12.1 Å². The maximum atomic E-state index is 6.01. The monoisotopic (exact) mass is 277 g/mol. The summed E-state index contributed by atoms with van der Waals surface area (Å²) < 4.78 is 17.1. The standard InChI is InChI=1S/C16H23NO3/c1-4-9-19-14-8-6-7-12-13(11-18-3)15(10-17-5-2)20-16(12)14/h6-8,17H,4-5,9-11H2,1-3H3. The Kier molecular flexibility index (Phi) is 5.44. The van der Waals surface area contributed by atoms with Gasteiger partial charge in [-0.15, -0.1) is 0 Å². The molecule has 110 valence electrons. The van der Waals surface area contributed by atoms with Gasteiger partial charge in [0.2, 0.25) is 0 Å². The van der Waals surface area contributed by atoms with Crippen LogP contribution < -0.4 is 10.1 Å². The van der Waals surface area contributed by atoms with Gasteiger partial charge in [-0.1, -0.05) is 26.0 Å². The quantitative estimate of drug-likeness (QED) is 0.802. The number of methoxy groups -OCH3 is 1. The number of ether oxygens (including phenoxy) is 2. The van der Waals surface area contributed by atoms with E-state index >= 15 is 0 Å². The number of nitrogens with one attached hydrogen (secondary N) is 1. The molecule has 2 aromatic rings. The first-order valence-corrected chi connectivity index (χ1v) is 7.17. The molecule has 1 N–H and O–H groups in total. The number of hydrogen-bond donors (Lipinski definition) is 1. The highest BCUT2D eigenvalue weighted by Gasteiger charge is 2.16. The highest BCUT2D eigenvalue weighted by molar-refractivity contribution is 5.87. The molecular formula is C16H23NO3. The maximum Gasteiger partial charge on any atom is 0.176 e. The molecule has 1 aromatic heterocycles. The number of furan rings is 1. The van der Waals surface area contributed by atoms with E-state index in [-0.39, 0.29) is 0 Å². The van der Waals surface area contributed by atoms with Crippen molar-refractivity contribution in [3.63, 3.8) is 0 Å². The van der Waals surface area contributed by atoms with Gasteiger partial charge >= 0.3 is 0 Å². The molecule has 0 atom stereocenters. The molecule has 2 rings (SSSR count). The lowest BCUT2D eigenvalue weighted by molar-refractivity contribution is 0.183. The van der Waals surface area contributed by atoms with Crippen molar-refractivity contribution in [3.05, 3.63) is 29.5 Å². The van der Waals surface area contributed by atoms with Crippen molar-refractivity contribution in [2.24, 2.45) is 0 Å². The molecule has 0 aliphatic carbocycles. The van der Waals surface area contributed by atoms with Gasteiger partial charge in [0.15, 0.2) is 11.3 Å². The summed E-state index contributed by atoms with van der Waals surface area (Å²) >= 11 is 0. The third-order valence-electron chi connectivity index (χ3n) is 3.15. The Morgan fingerprint density at radius 1 is 1.25 bits per heavy atom. The van der Waals surface area contributed by atoms with Crippen LogP contribution in [0.2, 0.25) is 0 Å². The van der Waals surface area contributed by atoms with E-state index in [2.05, 4.69) is 25.2 Å². The second-order valence-corrected chi connectivity index (χ2v) is 4.70. The summed E-state index contributed by atoms with van der Waals surface area (Å²) in [5.41, 5.74) is 1.92. The fourth-order valence-electron chi connectivity index (χ4n) is 2.20. The number of fused-ring (bicyclic) bond motifs is 1. The largest absolute Gasteiger partial charge is 0.490 e. The molecule has 0 unspecified atom stereocenters. The van der Waals surface area contributed by atoms with E-state index < -0.39 is 0 Å². The lowest BCUT2D eigenvalue weighted by atomic mass is 10.1. The van der Waals surface area contributed by atoms with Gasteiger partial charge in [0.05, 0.1) is 19.8 Å². The summed E-state index contributed by atoms with van der Waals surface area (Å²) in [6.45, 7) is 7.02. The van der Waals surface area contributed by atoms with Gasteiger partial charge in [0.1, 0.15) is 5.76 Å². The van der Waals surface area contributed by atoms with E-state index in [4.69, 9.17) is 13.9 Å². The summed E-state index contributed by atoms with van der Waals surface area (Å²) in [5, 5.41) is 4.37. The van der Waals surface area contributed by atoms with Gasteiger partial charge in [-0.25, -0.2) is 0 Å². The van der Waals surface area contributed by atoms with Crippen LogP contribution >= 0.6 is 0 Å². The zero-order valence-corrected chi connectivity index (χ0v) is 12.5. The van der Waals surface area contributed by atoms with E-state index in [9.17, 15) is 0 Å². The van der Waals surface area contributed by atoms with Crippen molar-refractivity contribution in [2.45, 2.75) is 33.4 Å². The van der Waals surface area contributed by atoms with Crippen molar-refractivity contribution in [1.29, 1.82) is 0 Å².